The Morgan fingerprint density at radius 2 is 1.94 bits per heavy atom. The van der Waals surface area contributed by atoms with Gasteiger partial charge in [-0.05, 0) is 30.7 Å². The zero-order valence-corrected chi connectivity index (χ0v) is 17.1. The Kier molecular flexibility index (Phi) is 5.53. The molecular weight excluding hydrogens is 399 g/mol. The standard InChI is InChI=1S/C23H21FN4O3/c1-14-17(13-26-28(14)21-10-6-4-8-18(21)24)22(29)27-20(23(30)31-2)11-15-12-25-19-9-5-3-7-16(15)19/h3-10,12-13,20,25H,11H2,1-2H3,(H,27,29). The molecule has 0 aliphatic rings. The van der Waals surface area contributed by atoms with Crippen LogP contribution < -0.4 is 5.32 Å². The van der Waals surface area contributed by atoms with Crippen molar-refractivity contribution < 1.29 is 18.7 Å². The van der Waals surface area contributed by atoms with Crippen molar-refractivity contribution >= 4 is 22.8 Å². The molecule has 0 spiro atoms. The van der Waals surface area contributed by atoms with Gasteiger partial charge >= 0.3 is 5.97 Å². The van der Waals surface area contributed by atoms with Gasteiger partial charge in [0, 0.05) is 23.5 Å². The second-order valence-electron chi connectivity index (χ2n) is 7.12. The predicted molar refractivity (Wildman–Crippen MR) is 114 cm³/mol. The number of hydrogen-bond donors (Lipinski definition) is 2. The Balaban J connectivity index is 1.59. The number of para-hydroxylation sites is 2. The third-order valence-corrected chi connectivity index (χ3v) is 5.23. The number of esters is 1. The van der Waals surface area contributed by atoms with Crippen LogP contribution in [0.1, 0.15) is 21.6 Å². The lowest BCUT2D eigenvalue weighted by molar-refractivity contribution is -0.142. The molecule has 2 aromatic carbocycles. The summed E-state index contributed by atoms with van der Waals surface area (Å²) in [6.07, 6.45) is 3.42. The number of aromatic amines is 1. The fraction of sp³-hybridized carbons (Fsp3) is 0.174. The van der Waals surface area contributed by atoms with Crippen LogP contribution in [0.25, 0.3) is 16.6 Å². The minimum Gasteiger partial charge on any atom is -0.467 e. The Morgan fingerprint density at radius 3 is 2.71 bits per heavy atom. The van der Waals surface area contributed by atoms with E-state index in [0.717, 1.165) is 16.5 Å². The van der Waals surface area contributed by atoms with Gasteiger partial charge in [0.05, 0.1) is 24.6 Å². The molecule has 0 saturated heterocycles. The largest absolute Gasteiger partial charge is 0.467 e. The van der Waals surface area contributed by atoms with Gasteiger partial charge in [0.15, 0.2) is 0 Å². The first-order valence-corrected chi connectivity index (χ1v) is 9.72. The van der Waals surface area contributed by atoms with Gasteiger partial charge in [-0.15, -0.1) is 0 Å². The van der Waals surface area contributed by atoms with E-state index in [-0.39, 0.29) is 17.7 Å². The molecule has 1 unspecified atom stereocenters. The molecule has 4 aromatic rings. The van der Waals surface area contributed by atoms with Crippen molar-refractivity contribution in [3.05, 3.63) is 83.6 Å². The predicted octanol–water partition coefficient (Wildman–Crippen LogP) is 3.32. The van der Waals surface area contributed by atoms with Crippen LogP contribution in [0.15, 0.2) is 60.9 Å². The van der Waals surface area contributed by atoms with Crippen LogP contribution >= 0.6 is 0 Å². The molecule has 1 amide bonds. The number of benzene rings is 2. The first-order valence-electron chi connectivity index (χ1n) is 9.72. The van der Waals surface area contributed by atoms with Gasteiger partial charge < -0.3 is 15.0 Å². The monoisotopic (exact) mass is 420 g/mol. The number of ether oxygens (including phenoxy) is 1. The summed E-state index contributed by atoms with van der Waals surface area (Å²) < 4.78 is 20.4. The van der Waals surface area contributed by atoms with Gasteiger partial charge in [0.1, 0.15) is 17.5 Å². The molecule has 2 aromatic heterocycles. The summed E-state index contributed by atoms with van der Waals surface area (Å²) in [5.41, 5.74) is 2.76. The molecule has 0 radical (unpaired) electrons. The topological polar surface area (TPSA) is 89.0 Å². The highest BCUT2D eigenvalue weighted by atomic mass is 19.1. The van der Waals surface area contributed by atoms with Crippen LogP contribution in [0.5, 0.6) is 0 Å². The number of hydrogen-bond acceptors (Lipinski definition) is 4. The SMILES string of the molecule is COC(=O)C(Cc1c[nH]c2ccccc12)NC(=O)c1cnn(-c2ccccc2F)c1C. The molecule has 0 saturated carbocycles. The van der Waals surface area contributed by atoms with Crippen LogP contribution in [0.2, 0.25) is 0 Å². The molecule has 31 heavy (non-hydrogen) atoms. The van der Waals surface area contributed by atoms with Crippen LogP contribution in [0.3, 0.4) is 0 Å². The number of carbonyl (C=O) groups excluding carboxylic acids is 2. The number of carbonyl (C=O) groups is 2. The number of halogens is 1. The van der Waals surface area contributed by atoms with E-state index in [0.29, 0.717) is 5.69 Å². The average molecular weight is 420 g/mol. The quantitative estimate of drug-likeness (QED) is 0.469. The molecule has 0 aliphatic carbocycles. The second-order valence-corrected chi connectivity index (χ2v) is 7.12. The lowest BCUT2D eigenvalue weighted by atomic mass is 10.0. The number of nitrogens with zero attached hydrogens (tertiary/aromatic N) is 2. The van der Waals surface area contributed by atoms with E-state index in [1.807, 2.05) is 30.5 Å². The second kappa shape index (κ2) is 8.43. The maximum absolute atomic E-state index is 14.1. The Morgan fingerprint density at radius 1 is 1.19 bits per heavy atom. The molecule has 0 aliphatic heterocycles. The van der Waals surface area contributed by atoms with Crippen LogP contribution in [0.4, 0.5) is 4.39 Å². The first kappa shape index (κ1) is 20.3. The smallest absolute Gasteiger partial charge is 0.328 e. The van der Waals surface area contributed by atoms with E-state index < -0.39 is 23.7 Å². The summed E-state index contributed by atoms with van der Waals surface area (Å²) in [6, 6.07) is 13.0. The van der Waals surface area contributed by atoms with Gasteiger partial charge in [-0.25, -0.2) is 13.9 Å². The molecule has 8 heteroatoms. The van der Waals surface area contributed by atoms with Crippen molar-refractivity contribution in [1.29, 1.82) is 0 Å². The van der Waals surface area contributed by atoms with Crippen molar-refractivity contribution in [2.24, 2.45) is 0 Å². The number of methoxy groups -OCH3 is 1. The molecule has 0 bridgehead atoms. The molecule has 0 fully saturated rings. The number of H-pyrrole nitrogens is 1. The molecular formula is C23H21FN4O3. The van der Waals surface area contributed by atoms with Gasteiger partial charge in [0.2, 0.25) is 0 Å². The van der Waals surface area contributed by atoms with Crippen LogP contribution in [0, 0.1) is 12.7 Å². The van der Waals surface area contributed by atoms with Crippen LogP contribution in [-0.2, 0) is 16.0 Å². The Bertz CT molecular complexity index is 1260. The van der Waals surface area contributed by atoms with E-state index in [4.69, 9.17) is 4.74 Å². The van der Waals surface area contributed by atoms with Crippen molar-refractivity contribution in [2.75, 3.05) is 7.11 Å². The van der Waals surface area contributed by atoms with Crippen molar-refractivity contribution in [3.8, 4) is 5.69 Å². The lowest BCUT2D eigenvalue weighted by Gasteiger charge is -2.16. The lowest BCUT2D eigenvalue weighted by Crippen LogP contribution is -2.43. The Labute approximate surface area is 177 Å². The van der Waals surface area contributed by atoms with Crippen molar-refractivity contribution in [2.45, 2.75) is 19.4 Å². The van der Waals surface area contributed by atoms with E-state index >= 15 is 0 Å². The van der Waals surface area contributed by atoms with E-state index in [1.165, 1.54) is 24.1 Å². The Hall–Kier alpha value is -3.94. The van der Waals surface area contributed by atoms with E-state index in [9.17, 15) is 14.0 Å². The summed E-state index contributed by atoms with van der Waals surface area (Å²) in [5.74, 6) is -1.50. The highest BCUT2D eigenvalue weighted by Gasteiger charge is 2.26. The fourth-order valence-corrected chi connectivity index (χ4v) is 3.59. The summed E-state index contributed by atoms with van der Waals surface area (Å²) in [4.78, 5) is 28.5. The number of nitrogens with one attached hydrogen (secondary N) is 2. The number of fused-ring (bicyclic) bond motifs is 1. The minimum absolute atomic E-state index is 0.238. The minimum atomic E-state index is -0.895. The molecule has 4 rings (SSSR count). The summed E-state index contributed by atoms with van der Waals surface area (Å²) in [5, 5.41) is 7.85. The fourth-order valence-electron chi connectivity index (χ4n) is 3.59. The molecule has 2 N–H and O–H groups in total. The van der Waals surface area contributed by atoms with E-state index in [1.54, 1.807) is 25.1 Å². The zero-order valence-electron chi connectivity index (χ0n) is 17.1. The van der Waals surface area contributed by atoms with Gasteiger partial charge in [-0.2, -0.15) is 5.10 Å². The molecule has 1 atom stereocenters. The van der Waals surface area contributed by atoms with Gasteiger partial charge in [-0.3, -0.25) is 4.79 Å². The highest BCUT2D eigenvalue weighted by molar-refractivity contribution is 5.98. The maximum atomic E-state index is 14.1. The first-order chi connectivity index (χ1) is 15.0. The number of aromatic nitrogens is 3. The molecule has 7 nitrogen and oxygen atoms in total. The highest BCUT2D eigenvalue weighted by Crippen LogP contribution is 2.20. The summed E-state index contributed by atoms with van der Waals surface area (Å²) in [7, 11) is 1.28. The van der Waals surface area contributed by atoms with Crippen molar-refractivity contribution in [3.63, 3.8) is 0 Å². The third kappa shape index (κ3) is 3.92. The van der Waals surface area contributed by atoms with E-state index in [2.05, 4.69) is 15.4 Å². The molecule has 158 valence electrons. The van der Waals surface area contributed by atoms with Gasteiger partial charge in [0.25, 0.3) is 5.91 Å². The normalized spacial score (nSPS) is 12.0. The average Bonchev–Trinajstić information content (AvgIpc) is 3.36. The third-order valence-electron chi connectivity index (χ3n) is 5.23. The maximum Gasteiger partial charge on any atom is 0.328 e. The number of rotatable bonds is 6. The summed E-state index contributed by atoms with van der Waals surface area (Å²) >= 11 is 0. The molecule has 2 heterocycles. The van der Waals surface area contributed by atoms with Crippen LogP contribution in [-0.4, -0.2) is 39.8 Å². The van der Waals surface area contributed by atoms with Crippen molar-refractivity contribution in [1.82, 2.24) is 20.1 Å². The number of amides is 1. The van der Waals surface area contributed by atoms with Gasteiger partial charge in [-0.1, -0.05) is 30.3 Å². The summed E-state index contributed by atoms with van der Waals surface area (Å²) in [6.45, 7) is 1.67. The zero-order chi connectivity index (χ0) is 22.0.